The lowest BCUT2D eigenvalue weighted by Crippen LogP contribution is -2.06. The van der Waals surface area contributed by atoms with Gasteiger partial charge in [-0.15, -0.1) is 0 Å². The van der Waals surface area contributed by atoms with Crippen molar-refractivity contribution in [2.45, 2.75) is 0 Å². The van der Waals surface area contributed by atoms with Gasteiger partial charge in [-0.1, -0.05) is 53.5 Å². The van der Waals surface area contributed by atoms with Crippen LogP contribution in [0, 0.1) is 10.1 Å². The smallest absolute Gasteiger partial charge is 0.283 e. The van der Waals surface area contributed by atoms with E-state index in [-0.39, 0.29) is 15.6 Å². The summed E-state index contributed by atoms with van der Waals surface area (Å²) >= 11 is 11.6. The summed E-state index contributed by atoms with van der Waals surface area (Å²) in [6.45, 7) is 0. The quantitative estimate of drug-likeness (QED) is 0.486. The lowest BCUT2D eigenvalue weighted by Gasteiger charge is -2.05. The zero-order valence-corrected chi connectivity index (χ0v) is 11.0. The minimum absolute atomic E-state index is 0.0342. The fourth-order valence-electron chi connectivity index (χ4n) is 1.66. The van der Waals surface area contributed by atoms with Crippen LogP contribution < -0.4 is 0 Å². The molecule has 0 saturated carbocycles. The number of carbonyl (C=O) groups excluding carboxylic acids is 1. The van der Waals surface area contributed by atoms with Crippen LogP contribution in [0.1, 0.15) is 15.9 Å². The summed E-state index contributed by atoms with van der Waals surface area (Å²) in [5.74, 6) is -0.506. The molecule has 0 aliphatic carbocycles. The molecule has 0 fully saturated rings. The molecule has 0 aliphatic heterocycles. The van der Waals surface area contributed by atoms with Crippen LogP contribution >= 0.6 is 23.2 Å². The van der Waals surface area contributed by atoms with E-state index in [1.165, 1.54) is 6.07 Å². The van der Waals surface area contributed by atoms with E-state index in [0.717, 1.165) is 6.07 Å². The van der Waals surface area contributed by atoms with Gasteiger partial charge < -0.3 is 0 Å². The van der Waals surface area contributed by atoms with Crippen LogP contribution in [0.2, 0.25) is 10.0 Å². The maximum Gasteiger partial charge on any atom is 0.283 e. The summed E-state index contributed by atoms with van der Waals surface area (Å²) < 4.78 is 0. The molecule has 0 bridgehead atoms. The first-order chi connectivity index (χ1) is 9.00. The van der Waals surface area contributed by atoms with Gasteiger partial charge in [0.1, 0.15) is 5.56 Å². The highest BCUT2D eigenvalue weighted by Crippen LogP contribution is 2.32. The maximum absolute atomic E-state index is 12.3. The van der Waals surface area contributed by atoms with Gasteiger partial charge in [-0.05, 0) is 6.07 Å². The highest BCUT2D eigenvalue weighted by atomic mass is 35.5. The molecule has 2 aromatic carbocycles. The lowest BCUT2D eigenvalue weighted by atomic mass is 10.0. The molecule has 0 spiro atoms. The van der Waals surface area contributed by atoms with Gasteiger partial charge >= 0.3 is 0 Å². The molecule has 2 aromatic rings. The highest BCUT2D eigenvalue weighted by molar-refractivity contribution is 6.38. The minimum atomic E-state index is -0.673. The SMILES string of the molecule is O=C(c1ccccc1)c1c(Cl)cc(Cl)cc1[N+](=O)[O-]. The van der Waals surface area contributed by atoms with Gasteiger partial charge in [-0.25, -0.2) is 0 Å². The molecule has 4 nitrogen and oxygen atoms in total. The van der Waals surface area contributed by atoms with Crippen molar-refractivity contribution >= 4 is 34.7 Å². The zero-order valence-electron chi connectivity index (χ0n) is 9.47. The second kappa shape index (κ2) is 5.38. The third-order valence-electron chi connectivity index (χ3n) is 2.49. The molecule has 96 valence electrons. The number of rotatable bonds is 3. The fourth-order valence-corrected chi connectivity index (χ4v) is 2.23. The topological polar surface area (TPSA) is 60.2 Å². The number of nitro groups is 1. The Balaban J connectivity index is 2.62. The van der Waals surface area contributed by atoms with E-state index in [4.69, 9.17) is 23.2 Å². The number of hydrogen-bond donors (Lipinski definition) is 0. The molecule has 0 unspecified atom stereocenters. The summed E-state index contributed by atoms with van der Waals surface area (Å²) in [7, 11) is 0. The number of benzene rings is 2. The van der Waals surface area contributed by atoms with E-state index in [0.29, 0.717) is 5.56 Å². The largest absolute Gasteiger partial charge is 0.288 e. The molecule has 2 rings (SSSR count). The molecular formula is C13H7Cl2NO3. The van der Waals surface area contributed by atoms with Gasteiger partial charge in [-0.2, -0.15) is 0 Å². The molecule has 0 heterocycles. The average Bonchev–Trinajstić information content (AvgIpc) is 2.38. The summed E-state index contributed by atoms with van der Waals surface area (Å²) in [4.78, 5) is 22.6. The van der Waals surface area contributed by atoms with E-state index in [1.807, 2.05) is 0 Å². The van der Waals surface area contributed by atoms with Crippen molar-refractivity contribution in [3.63, 3.8) is 0 Å². The van der Waals surface area contributed by atoms with Gasteiger partial charge in [0, 0.05) is 16.7 Å². The van der Waals surface area contributed by atoms with Crippen molar-refractivity contribution in [3.8, 4) is 0 Å². The number of carbonyl (C=O) groups is 1. The summed E-state index contributed by atoms with van der Waals surface area (Å²) in [5, 5.41) is 11.1. The van der Waals surface area contributed by atoms with Gasteiger partial charge in [-0.3, -0.25) is 14.9 Å². The van der Waals surface area contributed by atoms with E-state index >= 15 is 0 Å². The number of nitrogens with zero attached hydrogens (tertiary/aromatic N) is 1. The fraction of sp³-hybridized carbons (Fsp3) is 0. The Bertz CT molecular complexity index is 656. The van der Waals surface area contributed by atoms with Crippen molar-refractivity contribution in [2.75, 3.05) is 0 Å². The molecule has 0 aliphatic rings. The van der Waals surface area contributed by atoms with Crippen molar-refractivity contribution in [1.82, 2.24) is 0 Å². The van der Waals surface area contributed by atoms with Crippen molar-refractivity contribution in [2.24, 2.45) is 0 Å². The van der Waals surface area contributed by atoms with E-state index in [1.54, 1.807) is 30.3 Å². The van der Waals surface area contributed by atoms with E-state index < -0.39 is 16.4 Å². The summed E-state index contributed by atoms with van der Waals surface area (Å²) in [6.07, 6.45) is 0. The predicted octanol–water partition coefficient (Wildman–Crippen LogP) is 4.13. The second-order valence-corrected chi connectivity index (χ2v) is 4.58. The van der Waals surface area contributed by atoms with Crippen molar-refractivity contribution in [3.05, 3.63) is 73.8 Å². The predicted molar refractivity (Wildman–Crippen MR) is 73.0 cm³/mol. The number of ketones is 1. The molecule has 0 amide bonds. The molecule has 0 saturated heterocycles. The van der Waals surface area contributed by atoms with Crippen LogP contribution in [-0.4, -0.2) is 10.7 Å². The number of halogens is 2. The lowest BCUT2D eigenvalue weighted by molar-refractivity contribution is -0.385. The highest BCUT2D eigenvalue weighted by Gasteiger charge is 2.25. The normalized spacial score (nSPS) is 10.2. The van der Waals surface area contributed by atoms with Gasteiger partial charge in [0.05, 0.1) is 9.95 Å². The molecular weight excluding hydrogens is 289 g/mol. The standard InChI is InChI=1S/C13H7Cl2NO3/c14-9-6-10(15)12(11(7-9)16(18)19)13(17)8-4-2-1-3-5-8/h1-7H. The monoisotopic (exact) mass is 295 g/mol. The average molecular weight is 296 g/mol. The van der Waals surface area contributed by atoms with Crippen LogP contribution in [0.3, 0.4) is 0 Å². The first-order valence-electron chi connectivity index (χ1n) is 5.24. The second-order valence-electron chi connectivity index (χ2n) is 3.73. The van der Waals surface area contributed by atoms with Crippen molar-refractivity contribution in [1.29, 1.82) is 0 Å². The van der Waals surface area contributed by atoms with Crippen LogP contribution in [0.15, 0.2) is 42.5 Å². The number of nitro benzene ring substituents is 1. The molecule has 6 heteroatoms. The first-order valence-corrected chi connectivity index (χ1v) is 5.99. The van der Waals surface area contributed by atoms with Crippen LogP contribution in [0.5, 0.6) is 0 Å². The Labute approximate surface area is 118 Å². The van der Waals surface area contributed by atoms with Crippen LogP contribution in [0.25, 0.3) is 0 Å². The van der Waals surface area contributed by atoms with Gasteiger partial charge in [0.2, 0.25) is 5.78 Å². The summed E-state index contributed by atoms with van der Waals surface area (Å²) in [5.41, 5.74) is -0.219. The molecule has 0 N–H and O–H groups in total. The van der Waals surface area contributed by atoms with Gasteiger partial charge in [0.25, 0.3) is 5.69 Å². The Kier molecular flexibility index (Phi) is 3.83. The van der Waals surface area contributed by atoms with E-state index in [2.05, 4.69) is 0 Å². The first kappa shape index (κ1) is 13.5. The Morgan fingerprint density at radius 1 is 1.11 bits per heavy atom. The maximum atomic E-state index is 12.3. The Hall–Kier alpha value is -1.91. The third kappa shape index (κ3) is 2.75. The molecule has 19 heavy (non-hydrogen) atoms. The third-order valence-corrected chi connectivity index (χ3v) is 3.01. The van der Waals surface area contributed by atoms with Crippen LogP contribution in [0.4, 0.5) is 5.69 Å². The van der Waals surface area contributed by atoms with E-state index in [9.17, 15) is 14.9 Å². The van der Waals surface area contributed by atoms with Gasteiger partial charge in [0.15, 0.2) is 0 Å². The Morgan fingerprint density at radius 2 is 1.74 bits per heavy atom. The minimum Gasteiger partial charge on any atom is -0.288 e. The van der Waals surface area contributed by atoms with Crippen molar-refractivity contribution < 1.29 is 9.72 Å². The number of hydrogen-bond acceptors (Lipinski definition) is 3. The van der Waals surface area contributed by atoms with Crippen LogP contribution in [-0.2, 0) is 0 Å². The molecule has 0 aromatic heterocycles. The Morgan fingerprint density at radius 3 is 2.32 bits per heavy atom. The zero-order chi connectivity index (χ0) is 14.0. The molecule has 0 atom stereocenters. The summed E-state index contributed by atoms with van der Waals surface area (Å²) in [6, 6.07) is 10.6. The molecule has 0 radical (unpaired) electrons.